The zero-order valence-electron chi connectivity index (χ0n) is 10.2. The smallest absolute Gasteiger partial charge is 0.0499 e. The lowest BCUT2D eigenvalue weighted by atomic mass is 10.1. The zero-order chi connectivity index (χ0) is 12.3. The first-order valence-electron chi connectivity index (χ1n) is 6.22. The zero-order valence-corrected chi connectivity index (χ0v) is 11.8. The van der Waals surface area contributed by atoms with Crippen molar-refractivity contribution in [3.8, 4) is 0 Å². The summed E-state index contributed by atoms with van der Waals surface area (Å²) in [5.74, 6) is 0. The van der Waals surface area contributed by atoms with E-state index in [1.165, 1.54) is 18.4 Å². The molecule has 3 heteroatoms. The van der Waals surface area contributed by atoms with Crippen LogP contribution in [0.3, 0.4) is 0 Å². The van der Waals surface area contributed by atoms with Gasteiger partial charge in [-0.05, 0) is 43.9 Å². The van der Waals surface area contributed by atoms with Crippen LogP contribution >= 0.6 is 15.9 Å². The molecule has 2 nitrogen and oxygen atoms in total. The second kappa shape index (κ2) is 5.51. The van der Waals surface area contributed by atoms with Crippen LogP contribution in [0.4, 0.5) is 0 Å². The average Bonchev–Trinajstić information content (AvgIpc) is 3.10. The molecule has 17 heavy (non-hydrogen) atoms. The number of hydrogen-bond donors (Lipinski definition) is 2. The predicted octanol–water partition coefficient (Wildman–Crippen LogP) is 2.74. The van der Waals surface area contributed by atoms with E-state index in [1.807, 2.05) is 0 Å². The largest absolute Gasteiger partial charge is 0.396 e. The molecule has 1 saturated carbocycles. The molecule has 94 valence electrons. The molecule has 0 saturated heterocycles. The Hall–Kier alpha value is -0.380. The van der Waals surface area contributed by atoms with E-state index >= 15 is 0 Å². The minimum atomic E-state index is 0.202. The number of aliphatic hydroxyl groups is 1. The Morgan fingerprint density at radius 2 is 2.00 bits per heavy atom. The molecular weight excluding hydrogens is 278 g/mol. The van der Waals surface area contributed by atoms with Gasteiger partial charge in [0.1, 0.15) is 0 Å². The van der Waals surface area contributed by atoms with Crippen molar-refractivity contribution in [2.24, 2.45) is 5.41 Å². The van der Waals surface area contributed by atoms with E-state index in [2.05, 4.69) is 52.4 Å². The van der Waals surface area contributed by atoms with Crippen molar-refractivity contribution in [3.05, 3.63) is 34.3 Å². The standard InChI is InChI=1S/C14H20BrNO/c1-11(16-9-14(10-17)6-7-14)8-12-2-4-13(15)5-3-12/h2-5,11,16-17H,6-10H2,1H3. The van der Waals surface area contributed by atoms with Gasteiger partial charge in [-0.2, -0.15) is 0 Å². The number of benzene rings is 1. The lowest BCUT2D eigenvalue weighted by Gasteiger charge is -2.18. The maximum Gasteiger partial charge on any atom is 0.0499 e. The van der Waals surface area contributed by atoms with Gasteiger partial charge < -0.3 is 10.4 Å². The number of nitrogens with one attached hydrogen (secondary N) is 1. The molecule has 1 aromatic carbocycles. The van der Waals surface area contributed by atoms with Gasteiger partial charge in [0.05, 0.1) is 0 Å². The Morgan fingerprint density at radius 1 is 1.35 bits per heavy atom. The van der Waals surface area contributed by atoms with Gasteiger partial charge in [0, 0.05) is 29.1 Å². The summed E-state index contributed by atoms with van der Waals surface area (Å²) in [5, 5.41) is 12.8. The first-order chi connectivity index (χ1) is 8.13. The molecule has 0 amide bonds. The second-order valence-electron chi connectivity index (χ2n) is 5.27. The molecule has 0 aromatic heterocycles. The lowest BCUT2D eigenvalue weighted by molar-refractivity contribution is 0.204. The first-order valence-corrected chi connectivity index (χ1v) is 7.02. The maximum absolute atomic E-state index is 9.24. The molecule has 2 N–H and O–H groups in total. The van der Waals surface area contributed by atoms with Gasteiger partial charge >= 0.3 is 0 Å². The summed E-state index contributed by atoms with van der Waals surface area (Å²) in [4.78, 5) is 0. The van der Waals surface area contributed by atoms with Crippen molar-refractivity contribution < 1.29 is 5.11 Å². The quantitative estimate of drug-likeness (QED) is 0.846. The molecule has 1 fully saturated rings. The molecule has 0 spiro atoms. The Labute approximate surface area is 112 Å². The average molecular weight is 298 g/mol. The van der Waals surface area contributed by atoms with E-state index in [4.69, 9.17) is 0 Å². The van der Waals surface area contributed by atoms with Crippen LogP contribution in [0.25, 0.3) is 0 Å². The molecule has 1 unspecified atom stereocenters. The minimum absolute atomic E-state index is 0.202. The summed E-state index contributed by atoms with van der Waals surface area (Å²) < 4.78 is 1.12. The number of halogens is 1. The second-order valence-corrected chi connectivity index (χ2v) is 6.19. The third-order valence-corrected chi connectivity index (χ3v) is 4.10. The Bertz CT molecular complexity index is 359. The molecule has 1 aliphatic rings. The van der Waals surface area contributed by atoms with E-state index in [9.17, 15) is 5.11 Å². The van der Waals surface area contributed by atoms with Crippen molar-refractivity contribution in [3.63, 3.8) is 0 Å². The fraction of sp³-hybridized carbons (Fsp3) is 0.571. The third-order valence-electron chi connectivity index (χ3n) is 3.57. The molecule has 0 aliphatic heterocycles. The van der Waals surface area contributed by atoms with Crippen LogP contribution in [0, 0.1) is 5.41 Å². The van der Waals surface area contributed by atoms with Gasteiger partial charge in [-0.1, -0.05) is 28.1 Å². The highest BCUT2D eigenvalue weighted by atomic mass is 79.9. The van der Waals surface area contributed by atoms with Crippen molar-refractivity contribution >= 4 is 15.9 Å². The van der Waals surface area contributed by atoms with Crippen molar-refractivity contribution in [2.45, 2.75) is 32.2 Å². The van der Waals surface area contributed by atoms with Gasteiger partial charge in [-0.25, -0.2) is 0 Å². The van der Waals surface area contributed by atoms with E-state index in [0.29, 0.717) is 12.6 Å². The van der Waals surface area contributed by atoms with Crippen LogP contribution < -0.4 is 5.32 Å². The summed E-state index contributed by atoms with van der Waals surface area (Å²) in [6.45, 7) is 3.47. The molecule has 0 bridgehead atoms. The highest BCUT2D eigenvalue weighted by molar-refractivity contribution is 9.10. The van der Waals surface area contributed by atoms with Crippen LogP contribution in [-0.2, 0) is 6.42 Å². The summed E-state index contributed by atoms with van der Waals surface area (Å²) in [6.07, 6.45) is 3.37. The van der Waals surface area contributed by atoms with E-state index < -0.39 is 0 Å². The summed E-state index contributed by atoms with van der Waals surface area (Å²) in [6, 6.07) is 8.93. The molecule has 2 rings (SSSR count). The van der Waals surface area contributed by atoms with E-state index in [-0.39, 0.29) is 5.41 Å². The van der Waals surface area contributed by atoms with Crippen LogP contribution in [-0.4, -0.2) is 24.3 Å². The maximum atomic E-state index is 9.24. The monoisotopic (exact) mass is 297 g/mol. The fourth-order valence-electron chi connectivity index (χ4n) is 2.00. The SMILES string of the molecule is CC(Cc1ccc(Br)cc1)NCC1(CO)CC1. The Morgan fingerprint density at radius 3 is 2.53 bits per heavy atom. The predicted molar refractivity (Wildman–Crippen MR) is 74.1 cm³/mol. The van der Waals surface area contributed by atoms with Gasteiger partial charge in [0.25, 0.3) is 0 Å². The number of hydrogen-bond acceptors (Lipinski definition) is 2. The van der Waals surface area contributed by atoms with E-state index in [0.717, 1.165) is 17.4 Å². The molecule has 1 aromatic rings. The van der Waals surface area contributed by atoms with Gasteiger partial charge in [0.2, 0.25) is 0 Å². The summed E-state index contributed by atoms with van der Waals surface area (Å²) >= 11 is 3.44. The number of rotatable bonds is 6. The first kappa shape index (κ1) is 13.1. The van der Waals surface area contributed by atoms with Crippen LogP contribution in [0.2, 0.25) is 0 Å². The normalized spacial score (nSPS) is 19.0. The highest BCUT2D eigenvalue weighted by Gasteiger charge is 2.41. The fourth-order valence-corrected chi connectivity index (χ4v) is 2.27. The molecular formula is C14H20BrNO. The van der Waals surface area contributed by atoms with Crippen molar-refractivity contribution in [2.75, 3.05) is 13.2 Å². The lowest BCUT2D eigenvalue weighted by Crippen LogP contribution is -2.34. The van der Waals surface area contributed by atoms with Crippen molar-refractivity contribution in [1.29, 1.82) is 0 Å². The summed E-state index contributed by atoms with van der Waals surface area (Å²) in [7, 11) is 0. The molecule has 0 radical (unpaired) electrons. The Kier molecular flexibility index (Phi) is 4.23. The highest BCUT2D eigenvalue weighted by Crippen LogP contribution is 2.44. The third kappa shape index (κ3) is 3.80. The van der Waals surface area contributed by atoms with Gasteiger partial charge in [-0.3, -0.25) is 0 Å². The molecule has 1 aliphatic carbocycles. The molecule has 1 atom stereocenters. The van der Waals surface area contributed by atoms with E-state index in [1.54, 1.807) is 0 Å². The van der Waals surface area contributed by atoms with Crippen LogP contribution in [0.5, 0.6) is 0 Å². The van der Waals surface area contributed by atoms with Gasteiger partial charge in [0.15, 0.2) is 0 Å². The Balaban J connectivity index is 1.77. The number of aliphatic hydroxyl groups excluding tert-OH is 1. The van der Waals surface area contributed by atoms with Crippen LogP contribution in [0.15, 0.2) is 28.7 Å². The summed E-state index contributed by atoms with van der Waals surface area (Å²) in [5.41, 5.74) is 1.55. The van der Waals surface area contributed by atoms with Gasteiger partial charge in [-0.15, -0.1) is 0 Å². The molecule has 0 heterocycles. The minimum Gasteiger partial charge on any atom is -0.396 e. The van der Waals surface area contributed by atoms with Crippen molar-refractivity contribution in [1.82, 2.24) is 5.32 Å². The van der Waals surface area contributed by atoms with Crippen LogP contribution in [0.1, 0.15) is 25.3 Å². The topological polar surface area (TPSA) is 32.3 Å².